The molecule has 0 spiro atoms. The maximum absolute atomic E-state index is 5.56. The quantitative estimate of drug-likeness (QED) is 0.278. The van der Waals surface area contributed by atoms with Gasteiger partial charge in [-0.2, -0.15) is 0 Å². The van der Waals surface area contributed by atoms with Crippen molar-refractivity contribution in [2.24, 2.45) is 4.74 Å². The number of rotatable bonds is 6. The SMILES string of the molecule is CO/C=C/c1ccccc1N=P(c1ccccc1)(c1ccccc1)c1ccccc1. The first-order valence-corrected chi connectivity index (χ1v) is 11.7. The van der Waals surface area contributed by atoms with Gasteiger partial charge in [0.15, 0.2) is 0 Å². The molecular weight excluding hydrogens is 385 g/mol. The van der Waals surface area contributed by atoms with Gasteiger partial charge < -0.3 is 4.74 Å². The largest absolute Gasteiger partial charge is 0.504 e. The lowest BCUT2D eigenvalue weighted by Crippen LogP contribution is -2.25. The van der Waals surface area contributed by atoms with E-state index >= 15 is 0 Å². The molecule has 4 aromatic rings. The van der Waals surface area contributed by atoms with E-state index in [4.69, 9.17) is 9.48 Å². The molecule has 0 aliphatic carbocycles. The Morgan fingerprint density at radius 1 is 0.600 bits per heavy atom. The summed E-state index contributed by atoms with van der Waals surface area (Å²) in [6.45, 7) is 0. The molecule has 0 N–H and O–H groups in total. The monoisotopic (exact) mass is 409 g/mol. The summed E-state index contributed by atoms with van der Waals surface area (Å²) in [5.41, 5.74) is 1.99. The zero-order chi connectivity index (χ0) is 20.7. The van der Waals surface area contributed by atoms with Crippen molar-refractivity contribution >= 4 is 34.7 Å². The van der Waals surface area contributed by atoms with Gasteiger partial charge in [0, 0.05) is 21.5 Å². The Balaban J connectivity index is 2.12. The molecule has 3 heteroatoms. The summed E-state index contributed by atoms with van der Waals surface area (Å²) < 4.78 is 10.7. The molecule has 0 aliphatic rings. The van der Waals surface area contributed by atoms with Gasteiger partial charge in [-0.25, -0.2) is 0 Å². The Hall–Kier alpha value is -3.35. The lowest BCUT2D eigenvalue weighted by atomic mass is 10.2. The number of hydrogen-bond acceptors (Lipinski definition) is 2. The molecule has 0 unspecified atom stereocenters. The van der Waals surface area contributed by atoms with Gasteiger partial charge in [-0.15, -0.1) is 0 Å². The first-order chi connectivity index (χ1) is 14.8. The Labute approximate surface area is 178 Å². The van der Waals surface area contributed by atoms with Gasteiger partial charge in [0.2, 0.25) is 0 Å². The number of hydrogen-bond donors (Lipinski definition) is 0. The van der Waals surface area contributed by atoms with Crippen molar-refractivity contribution in [3.8, 4) is 0 Å². The van der Waals surface area contributed by atoms with Crippen LogP contribution in [0.4, 0.5) is 5.69 Å². The molecule has 0 aliphatic heterocycles. The molecule has 4 aromatic carbocycles. The van der Waals surface area contributed by atoms with E-state index in [0.717, 1.165) is 11.3 Å². The number of methoxy groups -OCH3 is 1. The van der Waals surface area contributed by atoms with Crippen LogP contribution in [-0.2, 0) is 4.74 Å². The summed E-state index contributed by atoms with van der Waals surface area (Å²) in [5, 5.41) is 3.69. The predicted octanol–water partition coefficient (Wildman–Crippen LogP) is 6.11. The Morgan fingerprint density at radius 3 is 1.50 bits per heavy atom. The first-order valence-electron chi connectivity index (χ1n) is 9.92. The Kier molecular flexibility index (Phi) is 6.27. The fraction of sp³-hybridized carbons (Fsp3) is 0.0370. The van der Waals surface area contributed by atoms with Crippen molar-refractivity contribution in [1.82, 2.24) is 0 Å². The molecule has 0 bridgehead atoms. The van der Waals surface area contributed by atoms with Crippen LogP contribution in [0.2, 0.25) is 0 Å². The Bertz CT molecular complexity index is 1070. The average Bonchev–Trinajstić information content (AvgIpc) is 2.83. The molecule has 0 atom stereocenters. The Morgan fingerprint density at radius 2 is 1.03 bits per heavy atom. The van der Waals surface area contributed by atoms with E-state index in [0.29, 0.717) is 0 Å². The molecule has 0 saturated carbocycles. The summed E-state index contributed by atoms with van der Waals surface area (Å²) in [5.74, 6) is 0. The predicted molar refractivity (Wildman–Crippen MR) is 130 cm³/mol. The van der Waals surface area contributed by atoms with Crippen LogP contribution in [-0.4, -0.2) is 7.11 Å². The van der Waals surface area contributed by atoms with E-state index in [9.17, 15) is 0 Å². The summed E-state index contributed by atoms with van der Waals surface area (Å²) in [7, 11) is -0.626. The van der Waals surface area contributed by atoms with Crippen LogP contribution in [0.15, 0.2) is 126 Å². The van der Waals surface area contributed by atoms with Crippen molar-refractivity contribution in [2.45, 2.75) is 0 Å². The maximum Gasteiger partial charge on any atom is 0.0831 e. The van der Waals surface area contributed by atoms with Gasteiger partial charge in [-0.3, -0.25) is 4.74 Å². The van der Waals surface area contributed by atoms with Crippen molar-refractivity contribution in [3.05, 3.63) is 127 Å². The van der Waals surface area contributed by atoms with Gasteiger partial charge >= 0.3 is 0 Å². The van der Waals surface area contributed by atoms with Crippen LogP contribution >= 0.6 is 7.05 Å². The molecule has 0 amide bonds. The van der Waals surface area contributed by atoms with Crippen molar-refractivity contribution in [2.75, 3.05) is 7.11 Å². The minimum absolute atomic E-state index is 0.954. The second-order valence-corrected chi connectivity index (χ2v) is 9.86. The minimum atomic E-state index is -2.28. The van der Waals surface area contributed by atoms with Gasteiger partial charge in [-0.1, -0.05) is 109 Å². The van der Waals surface area contributed by atoms with E-state index in [1.54, 1.807) is 13.4 Å². The molecule has 0 fully saturated rings. The third-order valence-corrected chi connectivity index (χ3v) is 8.62. The average molecular weight is 409 g/mol. The molecule has 0 radical (unpaired) electrons. The fourth-order valence-corrected chi connectivity index (χ4v) is 7.13. The third-order valence-electron chi connectivity index (χ3n) is 4.97. The third kappa shape index (κ3) is 4.01. The van der Waals surface area contributed by atoms with Crippen LogP contribution in [0.1, 0.15) is 5.56 Å². The van der Waals surface area contributed by atoms with E-state index in [1.807, 2.05) is 18.2 Å². The van der Waals surface area contributed by atoms with Crippen LogP contribution in [0, 0.1) is 0 Å². The van der Waals surface area contributed by atoms with E-state index in [1.165, 1.54) is 15.9 Å². The molecule has 0 heterocycles. The highest BCUT2D eigenvalue weighted by Gasteiger charge is 2.27. The van der Waals surface area contributed by atoms with Crippen LogP contribution < -0.4 is 15.9 Å². The molecule has 2 nitrogen and oxygen atoms in total. The molecule has 0 aromatic heterocycles. The molecule has 4 rings (SSSR count). The van der Waals surface area contributed by atoms with E-state index in [2.05, 4.69) is 103 Å². The van der Waals surface area contributed by atoms with E-state index < -0.39 is 7.05 Å². The van der Waals surface area contributed by atoms with Crippen molar-refractivity contribution < 1.29 is 4.74 Å². The molecule has 0 saturated heterocycles. The van der Waals surface area contributed by atoms with Crippen molar-refractivity contribution in [1.29, 1.82) is 0 Å². The highest BCUT2D eigenvalue weighted by atomic mass is 31.2. The van der Waals surface area contributed by atoms with Gasteiger partial charge in [-0.05, 0) is 12.1 Å². The lowest BCUT2D eigenvalue weighted by Gasteiger charge is -2.27. The standard InChI is InChI=1S/C27H24NOP/c1-29-22-21-23-13-11-12-20-27(23)28-30(24-14-5-2-6-15-24,25-16-7-3-8-17-25)26-18-9-4-10-19-26/h2-22H,1H3/b22-21+. The highest BCUT2D eigenvalue weighted by molar-refractivity contribution is 7.87. The summed E-state index contributed by atoms with van der Waals surface area (Å²) >= 11 is 0. The lowest BCUT2D eigenvalue weighted by molar-refractivity contribution is 0.341. The first kappa shape index (κ1) is 19.9. The number of nitrogens with zero attached hydrogens (tertiary/aromatic N) is 1. The summed E-state index contributed by atoms with van der Waals surface area (Å²) in [6.07, 6.45) is 3.66. The summed E-state index contributed by atoms with van der Waals surface area (Å²) in [6, 6.07) is 40.2. The number of benzene rings is 4. The molecule has 30 heavy (non-hydrogen) atoms. The van der Waals surface area contributed by atoms with Gasteiger partial charge in [0.05, 0.1) is 26.1 Å². The van der Waals surface area contributed by atoms with Crippen LogP contribution in [0.3, 0.4) is 0 Å². The smallest absolute Gasteiger partial charge is 0.0831 e. The second kappa shape index (κ2) is 9.43. The normalized spacial score (nSPS) is 11.4. The molecule has 148 valence electrons. The number of ether oxygens (including phenoxy) is 1. The highest BCUT2D eigenvalue weighted by Crippen LogP contribution is 2.49. The van der Waals surface area contributed by atoms with Crippen molar-refractivity contribution in [3.63, 3.8) is 0 Å². The zero-order valence-electron chi connectivity index (χ0n) is 16.9. The van der Waals surface area contributed by atoms with Gasteiger partial charge in [0.25, 0.3) is 0 Å². The fourth-order valence-electron chi connectivity index (χ4n) is 3.57. The zero-order valence-corrected chi connectivity index (χ0v) is 17.8. The van der Waals surface area contributed by atoms with Crippen LogP contribution in [0.25, 0.3) is 6.08 Å². The topological polar surface area (TPSA) is 21.6 Å². The second-order valence-electron chi connectivity index (χ2n) is 6.84. The minimum Gasteiger partial charge on any atom is -0.504 e. The van der Waals surface area contributed by atoms with E-state index in [-0.39, 0.29) is 0 Å². The summed E-state index contributed by atoms with van der Waals surface area (Å²) in [4.78, 5) is 0. The maximum atomic E-state index is 5.56. The molecular formula is C27H24NOP. The van der Waals surface area contributed by atoms with Gasteiger partial charge in [0.1, 0.15) is 0 Å². The van der Waals surface area contributed by atoms with Crippen LogP contribution in [0.5, 0.6) is 0 Å².